The largest absolute Gasteiger partial charge is 0.391 e. The maximum atomic E-state index is 13.3. The molecule has 0 spiro atoms. The van der Waals surface area contributed by atoms with Crippen molar-refractivity contribution in [2.75, 3.05) is 12.0 Å². The number of hydrogen-bond donors (Lipinski definition) is 3. The van der Waals surface area contributed by atoms with E-state index in [-0.39, 0.29) is 5.75 Å². The van der Waals surface area contributed by atoms with E-state index in [4.69, 9.17) is 0 Å². The minimum Gasteiger partial charge on any atom is -0.391 e. The van der Waals surface area contributed by atoms with E-state index in [1.165, 1.54) is 6.42 Å². The summed E-state index contributed by atoms with van der Waals surface area (Å²) in [4.78, 5) is 13.7. The topological polar surface area (TPSA) is 113 Å². The molecule has 0 radical (unpaired) electrons. The molecule has 1 amide bonds. The fraction of sp³-hybridized carbons (Fsp3) is 0.577. The first-order chi connectivity index (χ1) is 16.6. The standard InChI is InChI=1S/C26H38N2O5S2/c1-4-22(24(29)16-20-12-6-5-10-18(20)2)27-26(30)23(28-35(3,32)33)17-34(31)25-15-9-13-19-11-7-8-14-21(19)25/h7-9,11,13-15,18,20,22-24,28-29H,4-6,10,12,16-17H2,1-3H3,(H,27,30). The summed E-state index contributed by atoms with van der Waals surface area (Å²) in [5, 5.41) is 15.5. The van der Waals surface area contributed by atoms with Gasteiger partial charge in [0.15, 0.2) is 0 Å². The lowest BCUT2D eigenvalue weighted by molar-refractivity contribution is -0.124. The highest BCUT2D eigenvalue weighted by Crippen LogP contribution is 2.33. The molecular formula is C26H38N2O5S2. The van der Waals surface area contributed by atoms with Gasteiger partial charge >= 0.3 is 0 Å². The fourth-order valence-electron chi connectivity index (χ4n) is 5.03. The van der Waals surface area contributed by atoms with E-state index in [2.05, 4.69) is 17.0 Å². The molecule has 1 fully saturated rings. The van der Waals surface area contributed by atoms with Gasteiger partial charge in [0.1, 0.15) is 6.04 Å². The second-order valence-corrected chi connectivity index (χ2v) is 13.0. The summed E-state index contributed by atoms with van der Waals surface area (Å²) in [6.45, 7) is 4.09. The van der Waals surface area contributed by atoms with Crippen LogP contribution in [-0.4, -0.2) is 53.8 Å². The van der Waals surface area contributed by atoms with Crippen molar-refractivity contribution >= 4 is 37.5 Å². The first-order valence-electron chi connectivity index (χ1n) is 12.4. The Morgan fingerprint density at radius 2 is 1.83 bits per heavy atom. The predicted molar refractivity (Wildman–Crippen MR) is 141 cm³/mol. The molecule has 0 saturated heterocycles. The van der Waals surface area contributed by atoms with E-state index in [0.29, 0.717) is 29.6 Å². The first-order valence-corrected chi connectivity index (χ1v) is 15.6. The normalized spacial score (nSPS) is 22.3. The third-order valence-corrected chi connectivity index (χ3v) is 9.25. The Labute approximate surface area is 211 Å². The Bertz CT molecular complexity index is 1130. The minimum atomic E-state index is -3.74. The number of fused-ring (bicyclic) bond motifs is 1. The quantitative estimate of drug-likeness (QED) is 0.419. The number of rotatable bonds is 11. The molecule has 1 aliphatic carbocycles. The van der Waals surface area contributed by atoms with Crippen molar-refractivity contribution in [3.8, 4) is 0 Å². The van der Waals surface area contributed by atoms with Gasteiger partial charge in [-0.1, -0.05) is 75.9 Å². The molecule has 0 heterocycles. The fourth-order valence-corrected chi connectivity index (χ4v) is 7.22. The zero-order valence-corrected chi connectivity index (χ0v) is 22.4. The molecule has 0 bridgehead atoms. The molecule has 1 aliphatic rings. The summed E-state index contributed by atoms with van der Waals surface area (Å²) in [7, 11) is -5.37. The average Bonchev–Trinajstić information content (AvgIpc) is 2.82. The van der Waals surface area contributed by atoms with Crippen LogP contribution in [0.15, 0.2) is 47.4 Å². The van der Waals surface area contributed by atoms with Crippen LogP contribution in [0.1, 0.15) is 52.4 Å². The van der Waals surface area contributed by atoms with Crippen LogP contribution >= 0.6 is 0 Å². The van der Waals surface area contributed by atoms with Gasteiger partial charge in [-0.05, 0) is 41.5 Å². The average molecular weight is 523 g/mol. The van der Waals surface area contributed by atoms with Gasteiger partial charge in [0.2, 0.25) is 15.9 Å². The molecular weight excluding hydrogens is 484 g/mol. The maximum absolute atomic E-state index is 13.3. The molecule has 7 nitrogen and oxygen atoms in total. The lowest BCUT2D eigenvalue weighted by atomic mass is 9.76. The second-order valence-electron chi connectivity index (χ2n) is 9.78. The van der Waals surface area contributed by atoms with Crippen molar-refractivity contribution in [2.24, 2.45) is 11.8 Å². The third-order valence-electron chi connectivity index (χ3n) is 7.05. The number of aliphatic hydroxyl groups is 1. The number of carbonyl (C=O) groups excluding carboxylic acids is 1. The Kier molecular flexibility index (Phi) is 9.86. The summed E-state index contributed by atoms with van der Waals surface area (Å²) in [6.07, 6.45) is 5.96. The van der Waals surface area contributed by atoms with E-state index in [9.17, 15) is 22.5 Å². The third kappa shape index (κ3) is 7.84. The van der Waals surface area contributed by atoms with Crippen molar-refractivity contribution in [3.05, 3.63) is 42.5 Å². The van der Waals surface area contributed by atoms with Crippen LogP contribution in [0.3, 0.4) is 0 Å². The molecule has 0 aliphatic heterocycles. The van der Waals surface area contributed by atoms with Crippen molar-refractivity contribution in [1.82, 2.24) is 10.0 Å². The number of amides is 1. The Hall–Kier alpha value is -1.81. The predicted octanol–water partition coefficient (Wildman–Crippen LogP) is 3.34. The van der Waals surface area contributed by atoms with Gasteiger partial charge in [-0.15, -0.1) is 0 Å². The summed E-state index contributed by atoms with van der Waals surface area (Å²) in [6, 6.07) is 11.2. The zero-order chi connectivity index (χ0) is 25.6. The highest BCUT2D eigenvalue weighted by Gasteiger charge is 2.31. The monoisotopic (exact) mass is 522 g/mol. The molecule has 194 valence electrons. The van der Waals surface area contributed by atoms with E-state index in [0.717, 1.165) is 36.3 Å². The second kappa shape index (κ2) is 12.4. The molecule has 2 aromatic carbocycles. The first kappa shape index (κ1) is 27.8. The zero-order valence-electron chi connectivity index (χ0n) is 20.8. The lowest BCUT2D eigenvalue weighted by Gasteiger charge is -2.33. The van der Waals surface area contributed by atoms with Crippen LogP contribution in [0.5, 0.6) is 0 Å². The van der Waals surface area contributed by atoms with Crippen LogP contribution in [0.4, 0.5) is 0 Å². The molecule has 2 aromatic rings. The summed E-state index contributed by atoms with van der Waals surface area (Å²) in [5.41, 5.74) is 0. The molecule has 9 heteroatoms. The lowest BCUT2D eigenvalue weighted by Crippen LogP contribution is -2.54. The van der Waals surface area contributed by atoms with E-state index in [1.54, 1.807) is 12.1 Å². The summed E-state index contributed by atoms with van der Waals surface area (Å²) >= 11 is 0. The van der Waals surface area contributed by atoms with Gasteiger partial charge in [-0.2, -0.15) is 0 Å². The van der Waals surface area contributed by atoms with Gasteiger partial charge in [-0.3, -0.25) is 9.00 Å². The van der Waals surface area contributed by atoms with Crippen molar-refractivity contribution in [1.29, 1.82) is 0 Å². The molecule has 0 aromatic heterocycles. The highest BCUT2D eigenvalue weighted by molar-refractivity contribution is 7.89. The molecule has 6 unspecified atom stereocenters. The van der Waals surface area contributed by atoms with Crippen molar-refractivity contribution in [2.45, 2.75) is 75.5 Å². The van der Waals surface area contributed by atoms with E-state index in [1.807, 2.05) is 37.3 Å². The number of benzene rings is 2. The molecule has 6 atom stereocenters. The smallest absolute Gasteiger partial charge is 0.239 e. The molecule has 35 heavy (non-hydrogen) atoms. The van der Waals surface area contributed by atoms with Gasteiger partial charge in [0.25, 0.3) is 0 Å². The number of aliphatic hydroxyl groups excluding tert-OH is 1. The van der Waals surface area contributed by atoms with Crippen LogP contribution in [-0.2, 0) is 25.6 Å². The van der Waals surface area contributed by atoms with Crippen molar-refractivity contribution < 1.29 is 22.5 Å². The number of carbonyl (C=O) groups is 1. The van der Waals surface area contributed by atoms with Gasteiger partial charge < -0.3 is 10.4 Å². The summed E-state index contributed by atoms with van der Waals surface area (Å²) in [5.74, 6) is 0.161. The SMILES string of the molecule is CCC(NC(=O)C(CS(=O)c1cccc2ccccc12)NS(C)(=O)=O)C(O)CC1CCCCC1C. The molecule has 3 N–H and O–H groups in total. The van der Waals surface area contributed by atoms with Crippen molar-refractivity contribution in [3.63, 3.8) is 0 Å². The molecule has 3 rings (SSSR count). The maximum Gasteiger partial charge on any atom is 0.239 e. The van der Waals surface area contributed by atoms with E-state index >= 15 is 0 Å². The number of nitrogens with one attached hydrogen (secondary N) is 2. The highest BCUT2D eigenvalue weighted by atomic mass is 32.2. The minimum absolute atomic E-state index is 0.209. The molecule has 1 saturated carbocycles. The Balaban J connectivity index is 1.74. The van der Waals surface area contributed by atoms with Crippen LogP contribution in [0.2, 0.25) is 0 Å². The van der Waals surface area contributed by atoms with Gasteiger partial charge in [-0.25, -0.2) is 13.1 Å². The summed E-state index contributed by atoms with van der Waals surface area (Å²) < 4.78 is 39.7. The Morgan fingerprint density at radius 3 is 2.51 bits per heavy atom. The van der Waals surface area contributed by atoms with E-state index < -0.39 is 44.9 Å². The van der Waals surface area contributed by atoms with Gasteiger partial charge in [0, 0.05) is 4.90 Å². The van der Waals surface area contributed by atoms with Crippen LogP contribution in [0, 0.1) is 11.8 Å². The van der Waals surface area contributed by atoms with Crippen LogP contribution in [0.25, 0.3) is 10.8 Å². The Morgan fingerprint density at radius 1 is 1.14 bits per heavy atom. The van der Waals surface area contributed by atoms with Crippen LogP contribution < -0.4 is 10.0 Å². The van der Waals surface area contributed by atoms with Gasteiger partial charge in [0.05, 0.1) is 35.0 Å². The number of sulfonamides is 1. The number of hydrogen-bond acceptors (Lipinski definition) is 5.